The minimum atomic E-state index is -0.0856. The number of pyridine rings is 1. The second-order valence-electron chi connectivity index (χ2n) is 2.85. The number of hydrogen-bond acceptors (Lipinski definition) is 2. The maximum Gasteiger partial charge on any atom is 0.236 e. The number of aryl methyl sites for hydroxylation is 2. The molecule has 0 saturated carbocycles. The quantitative estimate of drug-likeness (QED) is 0.807. The van der Waals surface area contributed by atoms with Gasteiger partial charge in [-0.25, -0.2) is 4.98 Å². The summed E-state index contributed by atoms with van der Waals surface area (Å²) in [5, 5.41) is 2.97. The average molecular weight is 243 g/mol. The Kier molecular flexibility index (Phi) is 3.42. The molecular formula is C9H11BrN2O. The summed E-state index contributed by atoms with van der Waals surface area (Å²) in [5.41, 5.74) is 2.00. The highest BCUT2D eigenvalue weighted by molar-refractivity contribution is 9.09. The first-order valence-corrected chi connectivity index (χ1v) is 5.05. The summed E-state index contributed by atoms with van der Waals surface area (Å²) in [6.45, 7) is 3.87. The zero-order valence-corrected chi connectivity index (χ0v) is 9.18. The lowest BCUT2D eigenvalue weighted by molar-refractivity contribution is -0.113. The van der Waals surface area contributed by atoms with Crippen LogP contribution >= 0.6 is 15.9 Å². The fourth-order valence-corrected chi connectivity index (χ4v) is 1.22. The van der Waals surface area contributed by atoms with Gasteiger partial charge in [0.2, 0.25) is 5.91 Å². The Morgan fingerprint density at radius 1 is 1.54 bits per heavy atom. The molecule has 1 rings (SSSR count). The van der Waals surface area contributed by atoms with Crippen molar-refractivity contribution in [3.63, 3.8) is 0 Å². The van der Waals surface area contributed by atoms with Crippen LogP contribution in [-0.4, -0.2) is 16.2 Å². The molecule has 1 amide bonds. The van der Waals surface area contributed by atoms with Crippen molar-refractivity contribution in [1.29, 1.82) is 0 Å². The summed E-state index contributed by atoms with van der Waals surface area (Å²) in [6.07, 6.45) is 0. The lowest BCUT2D eigenvalue weighted by Gasteiger charge is -2.04. The van der Waals surface area contributed by atoms with Crippen LogP contribution < -0.4 is 5.32 Å². The molecule has 0 aliphatic heterocycles. The number of nitrogens with one attached hydrogen (secondary N) is 1. The zero-order valence-electron chi connectivity index (χ0n) is 7.60. The highest BCUT2D eigenvalue weighted by atomic mass is 79.9. The molecule has 0 aliphatic carbocycles. The van der Waals surface area contributed by atoms with Crippen LogP contribution in [0, 0.1) is 13.8 Å². The van der Waals surface area contributed by atoms with E-state index in [0.717, 1.165) is 11.3 Å². The molecular weight excluding hydrogens is 232 g/mol. The van der Waals surface area contributed by atoms with Gasteiger partial charge >= 0.3 is 0 Å². The van der Waals surface area contributed by atoms with Gasteiger partial charge in [0.25, 0.3) is 0 Å². The number of aromatic nitrogens is 1. The molecule has 0 bridgehead atoms. The molecule has 3 nitrogen and oxygen atoms in total. The van der Waals surface area contributed by atoms with E-state index >= 15 is 0 Å². The molecule has 0 aliphatic rings. The topological polar surface area (TPSA) is 42.0 Å². The number of rotatable bonds is 2. The van der Waals surface area contributed by atoms with E-state index in [-0.39, 0.29) is 5.91 Å². The van der Waals surface area contributed by atoms with Gasteiger partial charge in [0.15, 0.2) is 0 Å². The van der Waals surface area contributed by atoms with E-state index in [2.05, 4.69) is 26.2 Å². The van der Waals surface area contributed by atoms with Gasteiger partial charge in [-0.15, -0.1) is 0 Å². The minimum absolute atomic E-state index is 0.0856. The standard InChI is InChI=1S/C9H11BrN2O/c1-6-3-7(2)11-8(4-6)12-9(13)5-10/h3-4H,5H2,1-2H3,(H,11,12,13). The van der Waals surface area contributed by atoms with Crippen LogP contribution in [0.4, 0.5) is 5.82 Å². The van der Waals surface area contributed by atoms with Crippen molar-refractivity contribution in [2.24, 2.45) is 0 Å². The van der Waals surface area contributed by atoms with Crippen molar-refractivity contribution in [2.45, 2.75) is 13.8 Å². The Hall–Kier alpha value is -0.900. The molecule has 0 radical (unpaired) electrons. The summed E-state index contributed by atoms with van der Waals surface area (Å²) in [5.74, 6) is 0.527. The molecule has 1 aromatic rings. The van der Waals surface area contributed by atoms with Crippen LogP contribution in [0.3, 0.4) is 0 Å². The molecule has 0 unspecified atom stereocenters. The Morgan fingerprint density at radius 2 is 2.23 bits per heavy atom. The number of amides is 1. The van der Waals surface area contributed by atoms with Gasteiger partial charge in [-0.2, -0.15) is 0 Å². The van der Waals surface area contributed by atoms with Crippen molar-refractivity contribution in [1.82, 2.24) is 4.98 Å². The van der Waals surface area contributed by atoms with Crippen molar-refractivity contribution in [3.05, 3.63) is 23.4 Å². The zero-order chi connectivity index (χ0) is 9.84. The number of nitrogens with zero attached hydrogens (tertiary/aromatic N) is 1. The first-order valence-electron chi connectivity index (χ1n) is 3.93. The van der Waals surface area contributed by atoms with Gasteiger partial charge in [-0.1, -0.05) is 15.9 Å². The number of hydrogen-bond donors (Lipinski definition) is 1. The van der Waals surface area contributed by atoms with E-state index in [9.17, 15) is 4.79 Å². The van der Waals surface area contributed by atoms with Crippen molar-refractivity contribution in [3.8, 4) is 0 Å². The molecule has 0 fully saturated rings. The lowest BCUT2D eigenvalue weighted by atomic mass is 10.2. The maximum atomic E-state index is 11.0. The Bertz CT molecular complexity index is 305. The molecule has 4 heteroatoms. The second kappa shape index (κ2) is 4.37. The van der Waals surface area contributed by atoms with Crippen molar-refractivity contribution in [2.75, 3.05) is 10.6 Å². The molecule has 13 heavy (non-hydrogen) atoms. The number of carbonyl (C=O) groups is 1. The summed E-state index contributed by atoms with van der Waals surface area (Å²) in [6, 6.07) is 3.80. The summed E-state index contributed by atoms with van der Waals surface area (Å²) >= 11 is 3.07. The van der Waals surface area contributed by atoms with E-state index in [1.54, 1.807) is 0 Å². The first kappa shape index (κ1) is 10.2. The predicted octanol–water partition coefficient (Wildman–Crippen LogP) is 2.03. The third-order valence-electron chi connectivity index (χ3n) is 1.49. The summed E-state index contributed by atoms with van der Waals surface area (Å²) in [7, 11) is 0. The van der Waals surface area contributed by atoms with E-state index in [0.29, 0.717) is 11.1 Å². The Morgan fingerprint density at radius 3 is 2.77 bits per heavy atom. The minimum Gasteiger partial charge on any atom is -0.310 e. The van der Waals surface area contributed by atoms with Crippen LogP contribution in [0.15, 0.2) is 12.1 Å². The van der Waals surface area contributed by atoms with E-state index in [4.69, 9.17) is 0 Å². The average Bonchev–Trinajstić information content (AvgIpc) is 2.02. The smallest absolute Gasteiger partial charge is 0.236 e. The van der Waals surface area contributed by atoms with Gasteiger partial charge in [0, 0.05) is 5.69 Å². The van der Waals surface area contributed by atoms with E-state index in [1.807, 2.05) is 26.0 Å². The fourth-order valence-electron chi connectivity index (χ4n) is 1.08. The van der Waals surface area contributed by atoms with Gasteiger partial charge in [-0.05, 0) is 31.5 Å². The molecule has 0 atom stereocenters. The first-order chi connectivity index (χ1) is 6.11. The van der Waals surface area contributed by atoms with Crippen LogP contribution in [0.25, 0.3) is 0 Å². The van der Waals surface area contributed by atoms with Crippen LogP contribution in [0.2, 0.25) is 0 Å². The normalized spacial score (nSPS) is 9.77. The van der Waals surface area contributed by atoms with Crippen molar-refractivity contribution < 1.29 is 4.79 Å². The highest BCUT2D eigenvalue weighted by Gasteiger charge is 2.01. The molecule has 1 N–H and O–H groups in total. The number of alkyl halides is 1. The molecule has 1 aromatic heterocycles. The Balaban J connectivity index is 2.83. The third-order valence-corrected chi connectivity index (χ3v) is 2.00. The number of anilines is 1. The number of carbonyl (C=O) groups excluding carboxylic acids is 1. The largest absolute Gasteiger partial charge is 0.310 e. The molecule has 0 saturated heterocycles. The summed E-state index contributed by atoms with van der Waals surface area (Å²) < 4.78 is 0. The second-order valence-corrected chi connectivity index (χ2v) is 3.41. The lowest BCUT2D eigenvalue weighted by Crippen LogP contribution is -2.13. The predicted molar refractivity (Wildman–Crippen MR) is 56.1 cm³/mol. The van der Waals surface area contributed by atoms with Crippen molar-refractivity contribution >= 4 is 27.7 Å². The molecule has 0 aromatic carbocycles. The van der Waals surface area contributed by atoms with E-state index < -0.39 is 0 Å². The highest BCUT2D eigenvalue weighted by Crippen LogP contribution is 2.08. The third kappa shape index (κ3) is 3.14. The fraction of sp³-hybridized carbons (Fsp3) is 0.333. The van der Waals surface area contributed by atoms with Gasteiger partial charge in [-0.3, -0.25) is 4.79 Å². The van der Waals surface area contributed by atoms with Crippen LogP contribution in [-0.2, 0) is 4.79 Å². The molecule has 1 heterocycles. The van der Waals surface area contributed by atoms with Gasteiger partial charge < -0.3 is 5.32 Å². The van der Waals surface area contributed by atoms with Crippen LogP contribution in [0.1, 0.15) is 11.3 Å². The van der Waals surface area contributed by atoms with Gasteiger partial charge in [0.05, 0.1) is 5.33 Å². The van der Waals surface area contributed by atoms with Gasteiger partial charge in [0.1, 0.15) is 5.82 Å². The molecule has 70 valence electrons. The summed E-state index contributed by atoms with van der Waals surface area (Å²) in [4.78, 5) is 15.2. The maximum absolute atomic E-state index is 11.0. The van der Waals surface area contributed by atoms with E-state index in [1.165, 1.54) is 0 Å². The SMILES string of the molecule is Cc1cc(C)nc(NC(=O)CBr)c1. The molecule has 0 spiro atoms. The number of halogens is 1. The monoisotopic (exact) mass is 242 g/mol. The van der Waals surface area contributed by atoms with Crippen LogP contribution in [0.5, 0.6) is 0 Å². The Labute approximate surface area is 85.7 Å².